The fourth-order valence-electron chi connectivity index (χ4n) is 1.95. The van der Waals surface area contributed by atoms with Crippen molar-refractivity contribution in [3.05, 3.63) is 28.4 Å². The highest BCUT2D eigenvalue weighted by Crippen LogP contribution is 2.31. The second-order valence-electron chi connectivity index (χ2n) is 4.16. The molecule has 2 aromatic rings. The van der Waals surface area contributed by atoms with Gasteiger partial charge in [0.1, 0.15) is 11.4 Å². The third-order valence-electron chi connectivity index (χ3n) is 2.92. The Labute approximate surface area is 121 Å². The van der Waals surface area contributed by atoms with E-state index in [9.17, 15) is 0 Å². The van der Waals surface area contributed by atoms with Gasteiger partial charge in [0.2, 0.25) is 0 Å². The predicted molar refractivity (Wildman–Crippen MR) is 78.1 cm³/mol. The van der Waals surface area contributed by atoms with E-state index >= 15 is 0 Å². The van der Waals surface area contributed by atoms with Crippen molar-refractivity contribution in [1.29, 1.82) is 0 Å². The fourth-order valence-corrected chi connectivity index (χ4v) is 2.49. The molecule has 0 aliphatic heterocycles. The third kappa shape index (κ3) is 2.96. The molecule has 0 saturated carbocycles. The van der Waals surface area contributed by atoms with Gasteiger partial charge in [0.25, 0.3) is 0 Å². The number of nitrogens with zero attached hydrogens (tertiary/aromatic N) is 3. The number of halogens is 1. The van der Waals surface area contributed by atoms with Crippen LogP contribution in [0.15, 0.2) is 22.8 Å². The molecule has 0 bridgehead atoms. The highest BCUT2D eigenvalue weighted by atomic mass is 79.9. The topological polar surface area (TPSA) is 52.0 Å². The van der Waals surface area contributed by atoms with Crippen molar-refractivity contribution in [1.82, 2.24) is 20.3 Å². The molecule has 0 spiro atoms. The van der Waals surface area contributed by atoms with Crippen LogP contribution in [0, 0.1) is 0 Å². The predicted octanol–water partition coefficient (Wildman–Crippen LogP) is 2.36. The van der Waals surface area contributed by atoms with E-state index in [0.29, 0.717) is 0 Å². The summed E-state index contributed by atoms with van der Waals surface area (Å²) in [6.07, 6.45) is 0. The summed E-state index contributed by atoms with van der Waals surface area (Å²) >= 11 is 3.45. The summed E-state index contributed by atoms with van der Waals surface area (Å²) in [4.78, 5) is 0. The molecule has 0 amide bonds. The molecule has 1 heterocycles. The van der Waals surface area contributed by atoms with E-state index in [0.717, 1.165) is 40.3 Å². The van der Waals surface area contributed by atoms with Crippen LogP contribution in [-0.2, 0) is 13.6 Å². The van der Waals surface area contributed by atoms with Crippen LogP contribution in [0.1, 0.15) is 12.5 Å². The Kier molecular flexibility index (Phi) is 4.55. The smallest absolute Gasteiger partial charge is 0.156 e. The minimum atomic E-state index is 0.748. The molecule has 0 atom stereocenters. The minimum Gasteiger partial charge on any atom is -0.497 e. The number of rotatable bonds is 5. The monoisotopic (exact) mass is 324 g/mol. The van der Waals surface area contributed by atoms with E-state index in [4.69, 9.17) is 4.74 Å². The van der Waals surface area contributed by atoms with Crippen molar-refractivity contribution in [3.8, 4) is 17.0 Å². The first kappa shape index (κ1) is 14.0. The zero-order valence-corrected chi connectivity index (χ0v) is 12.9. The number of nitrogens with one attached hydrogen (secondary N) is 1. The Morgan fingerprint density at radius 2 is 2.21 bits per heavy atom. The molecule has 0 unspecified atom stereocenters. The molecular weight excluding hydrogens is 308 g/mol. The number of ether oxygens (including phenoxy) is 1. The van der Waals surface area contributed by atoms with Gasteiger partial charge in [-0.15, -0.1) is 5.10 Å². The number of aromatic nitrogens is 3. The molecule has 0 fully saturated rings. The van der Waals surface area contributed by atoms with E-state index in [1.165, 1.54) is 0 Å². The summed E-state index contributed by atoms with van der Waals surface area (Å²) in [5.74, 6) is 0.850. The average molecular weight is 325 g/mol. The Morgan fingerprint density at radius 1 is 1.42 bits per heavy atom. The van der Waals surface area contributed by atoms with E-state index in [1.807, 2.05) is 25.2 Å². The van der Waals surface area contributed by atoms with Crippen LogP contribution in [0.25, 0.3) is 11.3 Å². The lowest BCUT2D eigenvalue weighted by molar-refractivity contribution is 0.414. The molecule has 0 radical (unpaired) electrons. The van der Waals surface area contributed by atoms with Crippen LogP contribution in [0.5, 0.6) is 5.75 Å². The quantitative estimate of drug-likeness (QED) is 0.917. The maximum atomic E-state index is 5.29. The summed E-state index contributed by atoms with van der Waals surface area (Å²) in [5.41, 5.74) is 3.23. The van der Waals surface area contributed by atoms with Gasteiger partial charge in [0.05, 0.1) is 7.11 Å². The maximum absolute atomic E-state index is 5.29. The summed E-state index contributed by atoms with van der Waals surface area (Å²) in [6, 6.07) is 6.02. The second kappa shape index (κ2) is 6.16. The molecule has 1 N–H and O–H groups in total. The fraction of sp³-hybridized carbons (Fsp3) is 0.385. The van der Waals surface area contributed by atoms with E-state index < -0.39 is 0 Å². The molecule has 6 heteroatoms. The summed E-state index contributed by atoms with van der Waals surface area (Å²) in [6.45, 7) is 3.78. The first-order valence-electron chi connectivity index (χ1n) is 6.10. The molecule has 2 rings (SSSR count). The van der Waals surface area contributed by atoms with Crippen molar-refractivity contribution in [2.75, 3.05) is 13.7 Å². The summed E-state index contributed by atoms with van der Waals surface area (Å²) in [7, 11) is 3.56. The molecule has 0 aliphatic carbocycles. The first-order chi connectivity index (χ1) is 9.17. The van der Waals surface area contributed by atoms with Gasteiger partial charge in [-0.1, -0.05) is 12.1 Å². The van der Waals surface area contributed by atoms with E-state index in [-0.39, 0.29) is 0 Å². The van der Waals surface area contributed by atoms with Crippen molar-refractivity contribution >= 4 is 15.9 Å². The van der Waals surface area contributed by atoms with Crippen LogP contribution in [0.3, 0.4) is 0 Å². The molecular formula is C13H17BrN4O. The molecule has 5 nitrogen and oxygen atoms in total. The highest BCUT2D eigenvalue weighted by molar-refractivity contribution is 9.10. The molecule has 0 saturated heterocycles. The van der Waals surface area contributed by atoms with Gasteiger partial charge >= 0.3 is 0 Å². The Bertz CT molecular complexity index is 548. The SMILES string of the molecule is CCNCc1cc(OC)ccc1-c1c(Br)nnn1C. The number of hydrogen-bond acceptors (Lipinski definition) is 4. The second-order valence-corrected chi connectivity index (χ2v) is 4.91. The number of methoxy groups -OCH3 is 1. The number of aryl methyl sites for hydroxylation is 1. The lowest BCUT2D eigenvalue weighted by Gasteiger charge is -2.12. The van der Waals surface area contributed by atoms with E-state index in [2.05, 4.69) is 38.5 Å². The van der Waals surface area contributed by atoms with Crippen LogP contribution in [-0.4, -0.2) is 28.6 Å². The Balaban J connectivity index is 2.49. The van der Waals surface area contributed by atoms with Gasteiger partial charge in [-0.2, -0.15) is 0 Å². The van der Waals surface area contributed by atoms with Crippen molar-refractivity contribution in [2.45, 2.75) is 13.5 Å². The summed E-state index contributed by atoms with van der Waals surface area (Å²) < 4.78 is 7.80. The number of hydrogen-bond donors (Lipinski definition) is 1. The highest BCUT2D eigenvalue weighted by Gasteiger charge is 2.15. The molecule has 1 aromatic heterocycles. The Hall–Kier alpha value is -1.40. The van der Waals surface area contributed by atoms with Crippen molar-refractivity contribution in [3.63, 3.8) is 0 Å². The summed E-state index contributed by atoms with van der Waals surface area (Å²) in [5, 5.41) is 11.4. The van der Waals surface area contributed by atoms with Crippen molar-refractivity contribution in [2.24, 2.45) is 7.05 Å². The molecule has 1 aromatic carbocycles. The number of benzene rings is 1. The molecule has 102 valence electrons. The lowest BCUT2D eigenvalue weighted by atomic mass is 10.0. The third-order valence-corrected chi connectivity index (χ3v) is 3.45. The standard InChI is InChI=1S/C13H17BrN4O/c1-4-15-8-9-7-10(19-3)5-6-11(9)12-13(14)16-17-18(12)2/h5-7,15H,4,8H2,1-3H3. The largest absolute Gasteiger partial charge is 0.497 e. The van der Waals surface area contributed by atoms with Crippen LogP contribution in [0.4, 0.5) is 0 Å². The van der Waals surface area contributed by atoms with E-state index in [1.54, 1.807) is 11.8 Å². The van der Waals surface area contributed by atoms with Crippen LogP contribution in [0.2, 0.25) is 0 Å². The maximum Gasteiger partial charge on any atom is 0.156 e. The minimum absolute atomic E-state index is 0.748. The van der Waals surface area contributed by atoms with Gasteiger partial charge in [-0.25, -0.2) is 4.68 Å². The van der Waals surface area contributed by atoms with Gasteiger partial charge in [-0.05, 0) is 46.2 Å². The van der Waals surface area contributed by atoms with Gasteiger partial charge in [0.15, 0.2) is 4.60 Å². The first-order valence-corrected chi connectivity index (χ1v) is 6.89. The van der Waals surface area contributed by atoms with Crippen LogP contribution < -0.4 is 10.1 Å². The average Bonchev–Trinajstić information content (AvgIpc) is 2.75. The zero-order chi connectivity index (χ0) is 13.8. The van der Waals surface area contributed by atoms with Crippen molar-refractivity contribution < 1.29 is 4.74 Å². The zero-order valence-electron chi connectivity index (χ0n) is 11.3. The molecule has 0 aliphatic rings. The molecule has 19 heavy (non-hydrogen) atoms. The lowest BCUT2D eigenvalue weighted by Crippen LogP contribution is -2.13. The normalized spacial score (nSPS) is 10.7. The van der Waals surface area contributed by atoms with Crippen LogP contribution >= 0.6 is 15.9 Å². The van der Waals surface area contributed by atoms with Gasteiger partial charge in [0, 0.05) is 19.2 Å². The Morgan fingerprint density at radius 3 is 2.79 bits per heavy atom. The van der Waals surface area contributed by atoms with Gasteiger partial charge < -0.3 is 10.1 Å². The van der Waals surface area contributed by atoms with Gasteiger partial charge in [-0.3, -0.25) is 0 Å².